The Bertz CT molecular complexity index is 638. The molecule has 0 aromatic heterocycles. The minimum atomic E-state index is -0.581. The van der Waals surface area contributed by atoms with Gasteiger partial charge in [0, 0.05) is 17.3 Å². The topological polar surface area (TPSA) is 17.1 Å². The van der Waals surface area contributed by atoms with E-state index in [1.165, 1.54) is 24.3 Å². The van der Waals surface area contributed by atoms with E-state index < -0.39 is 11.6 Å². The zero-order valence-electron chi connectivity index (χ0n) is 10.3. The number of carbonyl (C=O) groups is 1. The molecule has 0 unspecified atom stereocenters. The second-order valence-electron chi connectivity index (χ2n) is 4.38. The average Bonchev–Trinajstić information content (AvgIpc) is 2.33. The van der Waals surface area contributed by atoms with E-state index in [0.717, 1.165) is 0 Å². The molecule has 0 heterocycles. The molecule has 1 nitrogen and oxygen atoms in total. The summed E-state index contributed by atoms with van der Waals surface area (Å²) < 4.78 is 27.4. The summed E-state index contributed by atoms with van der Waals surface area (Å²) in [6, 6.07) is 8.79. The first-order valence-corrected chi connectivity index (χ1v) is 7.02. The summed E-state index contributed by atoms with van der Waals surface area (Å²) in [5, 5.41) is -0.0104. The van der Waals surface area contributed by atoms with Gasteiger partial charge in [0.1, 0.15) is 17.4 Å². The lowest BCUT2D eigenvalue weighted by Gasteiger charge is -2.05. The Morgan fingerprint density at radius 2 is 1.90 bits per heavy atom. The number of Topliss-reactive ketones (excluding diaryl/α,β-unsaturated/α-hetero) is 1. The lowest BCUT2D eigenvalue weighted by Crippen LogP contribution is -2.08. The molecular formula is C15H10BrClF2O. The molecule has 0 aliphatic rings. The van der Waals surface area contributed by atoms with Crippen LogP contribution in [0.3, 0.4) is 0 Å². The van der Waals surface area contributed by atoms with E-state index >= 15 is 0 Å². The van der Waals surface area contributed by atoms with Crippen LogP contribution in [0.15, 0.2) is 40.9 Å². The summed E-state index contributed by atoms with van der Waals surface area (Å²) in [5.74, 6) is -1.21. The number of halogens is 4. The number of hydrogen-bond acceptors (Lipinski definition) is 1. The third-order valence-electron chi connectivity index (χ3n) is 2.74. The van der Waals surface area contributed by atoms with Gasteiger partial charge >= 0.3 is 0 Å². The number of hydrogen-bond donors (Lipinski definition) is 0. The SMILES string of the molecule is O=C(Cc1cc(F)cc(Br)c1)Cc1cccc(Cl)c1F. The van der Waals surface area contributed by atoms with Crippen LogP contribution in [0.25, 0.3) is 0 Å². The molecule has 0 radical (unpaired) electrons. The fraction of sp³-hybridized carbons (Fsp3) is 0.133. The maximum absolute atomic E-state index is 13.7. The molecule has 0 fully saturated rings. The van der Waals surface area contributed by atoms with E-state index in [0.29, 0.717) is 10.0 Å². The molecule has 0 amide bonds. The van der Waals surface area contributed by atoms with Crippen LogP contribution in [0, 0.1) is 11.6 Å². The Labute approximate surface area is 128 Å². The van der Waals surface area contributed by atoms with E-state index in [1.54, 1.807) is 12.1 Å². The monoisotopic (exact) mass is 358 g/mol. The third kappa shape index (κ3) is 3.87. The second kappa shape index (κ2) is 6.46. The van der Waals surface area contributed by atoms with Gasteiger partial charge in [0.15, 0.2) is 0 Å². The van der Waals surface area contributed by atoms with E-state index in [4.69, 9.17) is 11.6 Å². The van der Waals surface area contributed by atoms with Crippen molar-refractivity contribution >= 4 is 33.3 Å². The quantitative estimate of drug-likeness (QED) is 0.771. The first kappa shape index (κ1) is 15.1. The lowest BCUT2D eigenvalue weighted by molar-refractivity contribution is -0.117. The van der Waals surface area contributed by atoms with Crippen molar-refractivity contribution in [2.75, 3.05) is 0 Å². The van der Waals surface area contributed by atoms with Crippen molar-refractivity contribution in [3.63, 3.8) is 0 Å². The fourth-order valence-electron chi connectivity index (χ4n) is 1.90. The van der Waals surface area contributed by atoms with Crippen molar-refractivity contribution in [1.29, 1.82) is 0 Å². The maximum atomic E-state index is 13.7. The van der Waals surface area contributed by atoms with Crippen LogP contribution in [0.4, 0.5) is 8.78 Å². The van der Waals surface area contributed by atoms with Crippen LogP contribution in [-0.2, 0) is 17.6 Å². The molecule has 0 saturated heterocycles. The first-order valence-electron chi connectivity index (χ1n) is 5.85. The van der Waals surface area contributed by atoms with Gasteiger partial charge in [-0.2, -0.15) is 0 Å². The van der Waals surface area contributed by atoms with Crippen molar-refractivity contribution in [2.24, 2.45) is 0 Å². The van der Waals surface area contributed by atoms with Crippen LogP contribution in [0.2, 0.25) is 5.02 Å². The normalized spacial score (nSPS) is 10.6. The summed E-state index contributed by atoms with van der Waals surface area (Å²) in [6.07, 6.45) is -0.0250. The minimum Gasteiger partial charge on any atom is -0.299 e. The Kier molecular flexibility index (Phi) is 4.89. The molecule has 0 bridgehead atoms. The van der Waals surface area contributed by atoms with Gasteiger partial charge in [-0.3, -0.25) is 4.79 Å². The van der Waals surface area contributed by atoms with Crippen molar-refractivity contribution < 1.29 is 13.6 Å². The van der Waals surface area contributed by atoms with Gasteiger partial charge in [0.25, 0.3) is 0 Å². The van der Waals surface area contributed by atoms with Gasteiger partial charge < -0.3 is 0 Å². The van der Waals surface area contributed by atoms with Crippen molar-refractivity contribution in [1.82, 2.24) is 0 Å². The number of benzene rings is 2. The zero-order chi connectivity index (χ0) is 14.7. The van der Waals surface area contributed by atoms with Crippen LogP contribution >= 0.6 is 27.5 Å². The molecule has 0 saturated carbocycles. The predicted octanol–water partition coefficient (Wildman–Crippen LogP) is 4.74. The Balaban J connectivity index is 2.11. The van der Waals surface area contributed by atoms with Crippen LogP contribution in [0.1, 0.15) is 11.1 Å². The smallest absolute Gasteiger partial charge is 0.145 e. The van der Waals surface area contributed by atoms with Crippen LogP contribution < -0.4 is 0 Å². The Hall–Kier alpha value is -1.26. The highest BCUT2D eigenvalue weighted by Gasteiger charge is 2.12. The molecule has 0 N–H and O–H groups in total. The van der Waals surface area contributed by atoms with Crippen LogP contribution in [0.5, 0.6) is 0 Å². The number of carbonyl (C=O) groups excluding carboxylic acids is 1. The van der Waals surface area contributed by atoms with Gasteiger partial charge in [0.2, 0.25) is 0 Å². The highest BCUT2D eigenvalue weighted by Crippen LogP contribution is 2.20. The summed E-state index contributed by atoms with van der Waals surface area (Å²) >= 11 is 8.82. The highest BCUT2D eigenvalue weighted by atomic mass is 79.9. The predicted molar refractivity (Wildman–Crippen MR) is 77.9 cm³/mol. The minimum absolute atomic E-state index is 0.0104. The Morgan fingerprint density at radius 3 is 2.60 bits per heavy atom. The number of rotatable bonds is 4. The maximum Gasteiger partial charge on any atom is 0.145 e. The molecule has 2 aromatic rings. The molecule has 104 valence electrons. The van der Waals surface area contributed by atoms with Crippen molar-refractivity contribution in [3.05, 3.63) is 68.7 Å². The summed E-state index contributed by atoms with van der Waals surface area (Å²) in [6.45, 7) is 0. The fourth-order valence-corrected chi connectivity index (χ4v) is 2.61. The molecule has 20 heavy (non-hydrogen) atoms. The molecule has 5 heteroatoms. The standard InChI is InChI=1S/C15H10BrClF2O/c16-11-4-9(5-12(18)8-11)6-13(20)7-10-2-1-3-14(17)15(10)19/h1-5,8H,6-7H2. The number of ketones is 1. The van der Waals surface area contributed by atoms with Crippen molar-refractivity contribution in [3.8, 4) is 0 Å². The summed E-state index contributed by atoms with van der Waals surface area (Å²) in [7, 11) is 0. The van der Waals surface area contributed by atoms with Gasteiger partial charge in [0.05, 0.1) is 5.02 Å². The van der Waals surface area contributed by atoms with Gasteiger partial charge in [-0.05, 0) is 35.4 Å². The first-order chi connectivity index (χ1) is 9.45. The average molecular weight is 360 g/mol. The zero-order valence-corrected chi connectivity index (χ0v) is 12.6. The van der Waals surface area contributed by atoms with Gasteiger partial charge in [-0.15, -0.1) is 0 Å². The molecule has 0 atom stereocenters. The molecular weight excluding hydrogens is 350 g/mol. The van der Waals surface area contributed by atoms with E-state index in [-0.39, 0.29) is 29.2 Å². The summed E-state index contributed by atoms with van der Waals surface area (Å²) in [5.41, 5.74) is 0.794. The lowest BCUT2D eigenvalue weighted by atomic mass is 10.0. The highest BCUT2D eigenvalue weighted by molar-refractivity contribution is 9.10. The van der Waals surface area contributed by atoms with E-state index in [9.17, 15) is 13.6 Å². The van der Waals surface area contributed by atoms with E-state index in [2.05, 4.69) is 15.9 Å². The molecule has 0 aliphatic heterocycles. The third-order valence-corrected chi connectivity index (χ3v) is 3.49. The molecule has 0 spiro atoms. The second-order valence-corrected chi connectivity index (χ2v) is 5.71. The van der Waals surface area contributed by atoms with Gasteiger partial charge in [-0.25, -0.2) is 8.78 Å². The van der Waals surface area contributed by atoms with Crippen LogP contribution in [-0.4, -0.2) is 5.78 Å². The molecule has 2 rings (SSSR count). The molecule has 2 aromatic carbocycles. The van der Waals surface area contributed by atoms with Gasteiger partial charge in [-0.1, -0.05) is 39.7 Å². The van der Waals surface area contributed by atoms with E-state index in [1.807, 2.05) is 0 Å². The molecule has 0 aliphatic carbocycles. The summed E-state index contributed by atoms with van der Waals surface area (Å²) in [4.78, 5) is 11.9. The Morgan fingerprint density at radius 1 is 1.15 bits per heavy atom. The largest absolute Gasteiger partial charge is 0.299 e. The van der Waals surface area contributed by atoms with Crippen molar-refractivity contribution in [2.45, 2.75) is 12.8 Å².